The van der Waals surface area contributed by atoms with Crippen molar-refractivity contribution in [2.45, 2.75) is 179 Å². The molecule has 35 nitrogen and oxygen atoms in total. The maximum absolute atomic E-state index is 14.3. The molecule has 0 aliphatic heterocycles. The Kier molecular flexibility index (Phi) is 36.5. The molecule has 0 saturated carbocycles. The number of carbonyl (C=O) groups excluding carboxylic acids is 11. The first kappa shape index (κ1) is 79.6. The second-order valence-electron chi connectivity index (χ2n) is 21.9. The SMILES string of the molecule is CC[C@H](C)[C@H](NC(=O)[C@H](Cc1ccccc1)NC(=O)[C@@H](NC(=O)[C@H](CC(=O)O)NC(=O)[C@H](C)NC(=O)[C@H](CO)NC(=O)[C@H](CCCNC(=N)N)NC(=O)[C@H](CCCNC(=N)N)NC(=O)[C@H](CCCNC(=N)N)NC(=O)[C@H](C)NC)[C@@H](C)CC)C(=O)N[C@@H](C)C(N)=O. The number of primary amides is 1. The highest BCUT2D eigenvalue weighted by atomic mass is 16.4. The van der Waals surface area contributed by atoms with Crippen molar-refractivity contribution in [1.29, 1.82) is 16.2 Å². The molecule has 13 atom stereocenters. The van der Waals surface area contributed by atoms with Crippen LogP contribution in [0.5, 0.6) is 0 Å². The van der Waals surface area contributed by atoms with Gasteiger partial charge in [-0.15, -0.1) is 0 Å². The van der Waals surface area contributed by atoms with Crippen LogP contribution in [-0.2, 0) is 64.0 Å². The molecule has 91 heavy (non-hydrogen) atoms. The fraction of sp³-hybridized carbons (Fsp3) is 0.625. The highest BCUT2D eigenvalue weighted by molar-refractivity contribution is 6.00. The molecule has 0 aliphatic rings. The number of carbonyl (C=O) groups is 12. The van der Waals surface area contributed by atoms with Gasteiger partial charge >= 0.3 is 5.97 Å². The number of aliphatic carboxylic acids is 1. The zero-order chi connectivity index (χ0) is 69.1. The van der Waals surface area contributed by atoms with Gasteiger partial charge in [-0.1, -0.05) is 70.9 Å². The topological polar surface area (TPSA) is 589 Å². The van der Waals surface area contributed by atoms with Gasteiger partial charge in [-0.2, -0.15) is 0 Å². The molecular weight excluding hydrogens is 1190 g/mol. The molecule has 11 amide bonds. The zero-order valence-corrected chi connectivity index (χ0v) is 52.9. The number of hydrogen-bond donors (Lipinski definition) is 23. The Bertz CT molecular complexity index is 2650. The fourth-order valence-corrected chi connectivity index (χ4v) is 8.50. The number of nitrogens with one attached hydrogen (secondary N) is 17. The Morgan fingerprint density at radius 2 is 0.780 bits per heavy atom. The summed E-state index contributed by atoms with van der Waals surface area (Å²) >= 11 is 0. The normalized spacial score (nSPS) is 15.2. The lowest BCUT2D eigenvalue weighted by Gasteiger charge is -2.30. The number of amides is 11. The number of hydrogen-bond acceptors (Lipinski definition) is 17. The van der Waals surface area contributed by atoms with E-state index in [0.29, 0.717) is 12.0 Å². The molecule has 1 aromatic rings. The minimum atomic E-state index is -1.90. The summed E-state index contributed by atoms with van der Waals surface area (Å²) in [6, 6.07) is -6.90. The molecule has 0 fully saturated rings. The number of carboxylic acids is 1. The first-order chi connectivity index (χ1) is 42.8. The zero-order valence-electron chi connectivity index (χ0n) is 52.9. The van der Waals surface area contributed by atoms with Crippen molar-refractivity contribution in [3.63, 3.8) is 0 Å². The third-order valence-electron chi connectivity index (χ3n) is 14.5. The van der Waals surface area contributed by atoms with Crippen molar-refractivity contribution in [1.82, 2.24) is 74.4 Å². The molecule has 1 rings (SSSR count). The van der Waals surface area contributed by atoms with Crippen LogP contribution in [0.2, 0.25) is 0 Å². The molecule has 1 aromatic carbocycles. The first-order valence-electron chi connectivity index (χ1n) is 29.9. The van der Waals surface area contributed by atoms with Gasteiger partial charge in [-0.05, 0) is 83.7 Å². The summed E-state index contributed by atoms with van der Waals surface area (Å²) in [5.74, 6) is -14.0. The van der Waals surface area contributed by atoms with E-state index in [1.54, 1.807) is 65.0 Å². The van der Waals surface area contributed by atoms with Crippen molar-refractivity contribution in [3.8, 4) is 0 Å². The van der Waals surface area contributed by atoms with Gasteiger partial charge in [0.1, 0.15) is 60.4 Å². The molecule has 0 heterocycles. The molecule has 0 aromatic heterocycles. The van der Waals surface area contributed by atoms with E-state index in [2.05, 4.69) is 74.4 Å². The Morgan fingerprint density at radius 1 is 0.440 bits per heavy atom. The Morgan fingerprint density at radius 3 is 1.16 bits per heavy atom. The number of rotatable bonds is 43. The van der Waals surface area contributed by atoms with E-state index in [1.165, 1.54) is 14.0 Å². The number of guanidine groups is 3. The van der Waals surface area contributed by atoms with Gasteiger partial charge in [0.2, 0.25) is 65.0 Å². The molecule has 27 N–H and O–H groups in total. The average molecular weight is 1290 g/mol. The molecule has 35 heteroatoms. The molecule has 510 valence electrons. The summed E-state index contributed by atoms with van der Waals surface area (Å²) in [6.45, 7) is 9.92. The summed E-state index contributed by atoms with van der Waals surface area (Å²) in [6.07, 6.45) is -0.416. The monoisotopic (exact) mass is 1290 g/mol. The van der Waals surface area contributed by atoms with E-state index in [0.717, 1.165) is 6.92 Å². The van der Waals surface area contributed by atoms with Crippen LogP contribution in [0.4, 0.5) is 0 Å². The number of nitrogens with two attached hydrogens (primary N) is 4. The number of aliphatic hydroxyl groups excluding tert-OH is 1. The third kappa shape index (κ3) is 30.6. The van der Waals surface area contributed by atoms with Crippen molar-refractivity contribution < 1.29 is 67.7 Å². The first-order valence-corrected chi connectivity index (χ1v) is 29.9. The van der Waals surface area contributed by atoms with Crippen molar-refractivity contribution in [3.05, 3.63) is 35.9 Å². The van der Waals surface area contributed by atoms with Crippen LogP contribution in [0.3, 0.4) is 0 Å². The van der Waals surface area contributed by atoms with Crippen LogP contribution >= 0.6 is 0 Å². The summed E-state index contributed by atoms with van der Waals surface area (Å²) in [7, 11) is 1.53. The molecule has 0 aliphatic carbocycles. The molecule has 0 bridgehead atoms. The largest absolute Gasteiger partial charge is 0.481 e. The second-order valence-corrected chi connectivity index (χ2v) is 21.9. The molecular formula is C56H97N21O14. The average Bonchev–Trinajstić information content (AvgIpc) is 1.44. The highest BCUT2D eigenvalue weighted by Gasteiger charge is 2.37. The third-order valence-corrected chi connectivity index (χ3v) is 14.5. The van der Waals surface area contributed by atoms with E-state index in [-0.39, 0.29) is 82.9 Å². The summed E-state index contributed by atoms with van der Waals surface area (Å²) in [5.41, 5.74) is 22.2. The molecule has 0 spiro atoms. The van der Waals surface area contributed by atoms with E-state index in [1.807, 2.05) is 0 Å². The van der Waals surface area contributed by atoms with Crippen LogP contribution in [0.15, 0.2) is 30.3 Å². The number of aliphatic hydroxyl groups is 1. The van der Waals surface area contributed by atoms with Gasteiger partial charge in [-0.25, -0.2) is 0 Å². The van der Waals surface area contributed by atoms with E-state index >= 15 is 0 Å². The minimum absolute atomic E-state index is 0.0110. The smallest absolute Gasteiger partial charge is 0.305 e. The van der Waals surface area contributed by atoms with Gasteiger partial charge in [0.05, 0.1) is 19.1 Å². The molecule has 0 saturated heterocycles. The fourth-order valence-electron chi connectivity index (χ4n) is 8.50. The second kappa shape index (κ2) is 41.7. The maximum Gasteiger partial charge on any atom is 0.305 e. The van der Waals surface area contributed by atoms with Gasteiger partial charge in [0.25, 0.3) is 0 Å². The van der Waals surface area contributed by atoms with Crippen LogP contribution in [0.1, 0.15) is 112 Å². The van der Waals surface area contributed by atoms with E-state index in [4.69, 9.17) is 39.2 Å². The lowest BCUT2D eigenvalue weighted by Crippen LogP contribution is -2.62. The Hall–Kier alpha value is -9.41. The maximum atomic E-state index is 14.3. The van der Waals surface area contributed by atoms with Gasteiger partial charge < -0.3 is 108 Å². The van der Waals surface area contributed by atoms with Gasteiger partial charge in [0, 0.05) is 26.1 Å². The summed E-state index contributed by atoms with van der Waals surface area (Å²) < 4.78 is 0. The number of carboxylic acid groups (broad SMARTS) is 1. The Balaban J connectivity index is 3.51. The summed E-state index contributed by atoms with van der Waals surface area (Å²) in [4.78, 5) is 162. The Labute approximate surface area is 528 Å². The number of likely N-dealkylation sites (N-methyl/N-ethyl adjacent to an activating group) is 1. The van der Waals surface area contributed by atoms with E-state index in [9.17, 15) is 67.7 Å². The lowest BCUT2D eigenvalue weighted by atomic mass is 9.95. The van der Waals surface area contributed by atoms with Gasteiger partial charge in [-0.3, -0.25) is 73.8 Å². The number of benzene rings is 1. The van der Waals surface area contributed by atoms with Crippen molar-refractivity contribution in [2.24, 2.45) is 34.8 Å². The van der Waals surface area contributed by atoms with Crippen LogP contribution < -0.4 is 97.4 Å². The van der Waals surface area contributed by atoms with Crippen molar-refractivity contribution in [2.75, 3.05) is 33.3 Å². The van der Waals surface area contributed by atoms with E-state index < -0.39 is 168 Å². The van der Waals surface area contributed by atoms with Crippen LogP contribution in [-0.4, -0.2) is 199 Å². The van der Waals surface area contributed by atoms with Crippen LogP contribution in [0.25, 0.3) is 0 Å². The van der Waals surface area contributed by atoms with Gasteiger partial charge in [0.15, 0.2) is 17.9 Å². The predicted octanol–water partition coefficient (Wildman–Crippen LogP) is -6.44. The lowest BCUT2D eigenvalue weighted by molar-refractivity contribution is -0.142. The highest BCUT2D eigenvalue weighted by Crippen LogP contribution is 2.14. The summed E-state index contributed by atoms with van der Waals surface area (Å²) in [5, 5.41) is 78.2. The molecule has 0 radical (unpaired) electrons. The minimum Gasteiger partial charge on any atom is -0.481 e. The van der Waals surface area contributed by atoms with Crippen LogP contribution in [0, 0.1) is 28.1 Å². The standard InChI is InChI=1S/C56H97N21O14/c1-9-28(3)41(52(90)68-30(5)43(57)81)76-49(87)37(25-33-17-12-11-13-18-33)74-53(91)42(29(4)10-2)77-50(88)38(26-40(79)80)73-45(83)32(7)69-51(89)39(27-78)75-48(86)36(21-16-24-67-56(62)63)72-47(85)35(20-15-23-66-55(60)61)71-46(84)34(19-14-22-65-54(58)59)70-44(82)31(6)64-8/h11-13,17-18,28-32,34-39,41-42,64,78H,9-10,14-16,19-27H2,1-8H3,(H2,57,81)(H,68,90)(H,69,89)(H,70,82)(H,71,84)(H,72,85)(H,73,83)(H,74,91)(H,75,86)(H,76,87)(H,77,88)(H,79,80)(H4,58,59,65)(H4,60,61,66)(H4,62,63,67)/t28-,29-,30-,31-,32-,34-,35-,36-,37-,38-,39-,41-,42-/m0/s1. The van der Waals surface area contributed by atoms with Crippen molar-refractivity contribution >= 4 is 88.8 Å². The quantitative estimate of drug-likeness (QED) is 0.0164. The molecule has 0 unspecified atom stereocenters. The predicted molar refractivity (Wildman–Crippen MR) is 334 cm³/mol.